The van der Waals surface area contributed by atoms with Crippen LogP contribution in [-0.2, 0) is 27.1 Å². The van der Waals surface area contributed by atoms with Crippen molar-refractivity contribution in [3.05, 3.63) is 147 Å². The van der Waals surface area contributed by atoms with Gasteiger partial charge in [-0.05, 0) is 104 Å². The van der Waals surface area contributed by atoms with Crippen LogP contribution in [0, 0.1) is 0 Å². The van der Waals surface area contributed by atoms with E-state index in [4.69, 9.17) is 4.74 Å². The Bertz CT molecular complexity index is 2320. The van der Waals surface area contributed by atoms with Crippen LogP contribution in [0.2, 0.25) is 0 Å². The van der Waals surface area contributed by atoms with Crippen molar-refractivity contribution in [2.75, 3.05) is 7.11 Å². The van der Waals surface area contributed by atoms with Crippen LogP contribution in [0.3, 0.4) is 0 Å². The average molecular weight is 741 g/mol. The van der Waals surface area contributed by atoms with E-state index < -0.39 is 34.0 Å². The molecule has 0 aromatic heterocycles. The first-order valence-corrected chi connectivity index (χ1v) is 18.3. The average Bonchev–Trinajstić information content (AvgIpc) is 3.53. The molecule has 5 aromatic carbocycles. The molecule has 0 bridgehead atoms. The molecule has 0 radical (unpaired) electrons. The van der Waals surface area contributed by atoms with Gasteiger partial charge < -0.3 is 4.74 Å². The van der Waals surface area contributed by atoms with E-state index in [0.29, 0.717) is 39.1 Å². The Labute approximate surface area is 314 Å². The lowest BCUT2D eigenvalue weighted by atomic mass is 9.71. The number of methoxy groups -OCH3 is 1. The predicted octanol–water partition coefficient (Wildman–Crippen LogP) is 13.3. The molecule has 7 rings (SSSR count). The monoisotopic (exact) mass is 740 g/mol. The van der Waals surface area contributed by atoms with Crippen LogP contribution in [0.1, 0.15) is 112 Å². The van der Waals surface area contributed by atoms with Crippen molar-refractivity contribution in [2.24, 2.45) is 0 Å². The lowest BCUT2D eigenvalue weighted by Gasteiger charge is -2.34. The number of hydrogen-bond donors (Lipinski definition) is 0. The highest BCUT2D eigenvalue weighted by Gasteiger charge is 2.60. The van der Waals surface area contributed by atoms with Gasteiger partial charge >= 0.3 is 12.4 Å². The molecule has 282 valence electrons. The Kier molecular flexibility index (Phi) is 8.21. The second-order valence-corrected chi connectivity index (χ2v) is 17.5. The van der Waals surface area contributed by atoms with Crippen molar-refractivity contribution in [1.82, 2.24) is 0 Å². The number of fused-ring (bicyclic) bond motifs is 6. The normalized spacial score (nSPS) is 19.6. The Hall–Kier alpha value is -4.52. The largest absolute Gasteiger partial charge is 0.497 e. The van der Waals surface area contributed by atoms with Crippen LogP contribution in [-0.4, -0.2) is 19.5 Å². The number of ether oxygens (including phenoxy) is 1. The van der Waals surface area contributed by atoms with Gasteiger partial charge in [0.1, 0.15) is 16.6 Å². The van der Waals surface area contributed by atoms with Gasteiger partial charge in [0.2, 0.25) is 0 Å². The maximum Gasteiger partial charge on any atom is 0.402 e. The first-order chi connectivity index (χ1) is 24.9. The topological polar surface area (TPSA) is 9.23 Å². The predicted molar refractivity (Wildman–Crippen MR) is 205 cm³/mol. The van der Waals surface area contributed by atoms with Gasteiger partial charge in [-0.2, -0.15) is 26.3 Å². The van der Waals surface area contributed by atoms with Crippen molar-refractivity contribution in [3.8, 4) is 28.0 Å². The Morgan fingerprint density at radius 2 is 0.796 bits per heavy atom. The summed E-state index contributed by atoms with van der Waals surface area (Å²) >= 11 is 0. The molecule has 54 heavy (non-hydrogen) atoms. The zero-order valence-electron chi connectivity index (χ0n) is 32.4. The van der Waals surface area contributed by atoms with Crippen molar-refractivity contribution in [2.45, 2.75) is 102 Å². The summed E-state index contributed by atoms with van der Waals surface area (Å²) in [6, 6.07) is 28.4. The first-order valence-electron chi connectivity index (χ1n) is 18.3. The molecule has 7 heteroatoms. The van der Waals surface area contributed by atoms with Gasteiger partial charge in [-0.15, -0.1) is 0 Å². The molecular weight excluding hydrogens is 695 g/mol. The lowest BCUT2D eigenvalue weighted by Crippen LogP contribution is -2.39. The van der Waals surface area contributed by atoms with Gasteiger partial charge in [0.05, 0.1) is 7.11 Å². The quantitative estimate of drug-likeness (QED) is 0.163. The second-order valence-electron chi connectivity index (χ2n) is 17.5. The summed E-state index contributed by atoms with van der Waals surface area (Å²) < 4.78 is 97.3. The summed E-state index contributed by atoms with van der Waals surface area (Å²) in [5.41, 5.74) is 0.284. The van der Waals surface area contributed by atoms with Gasteiger partial charge in [-0.25, -0.2) is 0 Å². The van der Waals surface area contributed by atoms with Crippen LogP contribution in [0.4, 0.5) is 26.3 Å². The minimum Gasteiger partial charge on any atom is -0.497 e. The highest BCUT2D eigenvalue weighted by molar-refractivity contribution is 5.84. The van der Waals surface area contributed by atoms with Crippen LogP contribution in [0.5, 0.6) is 5.75 Å². The van der Waals surface area contributed by atoms with E-state index in [1.807, 2.05) is 52.0 Å². The summed E-state index contributed by atoms with van der Waals surface area (Å²) in [4.78, 5) is 0. The second kappa shape index (κ2) is 11.7. The fourth-order valence-corrected chi connectivity index (χ4v) is 8.64. The molecule has 1 nitrogen and oxygen atoms in total. The third kappa shape index (κ3) is 5.27. The van der Waals surface area contributed by atoms with Crippen LogP contribution in [0.25, 0.3) is 22.3 Å². The lowest BCUT2D eigenvalue weighted by molar-refractivity contribution is -0.172. The van der Waals surface area contributed by atoms with E-state index in [1.54, 1.807) is 67.8 Å². The number of benzene rings is 5. The molecule has 0 fully saturated rings. The van der Waals surface area contributed by atoms with Crippen molar-refractivity contribution >= 4 is 0 Å². The third-order valence-electron chi connectivity index (χ3n) is 12.7. The number of halogens is 6. The standard InChI is InChI=1S/C47H46F6O/c1-41(2,3)30-21-31(23-32(22-30)54-10)43(6,7)29-17-20-36-35-19-16-28(25-39(35)45(9,40(36)26-29)47(51,52)53)42(4,5)27-15-18-34-33-13-11-12-14-37(33)44(8,38(34)24-27)46(48,49)50/h11-26H,1-10H3. The van der Waals surface area contributed by atoms with E-state index in [-0.39, 0.29) is 27.7 Å². The van der Waals surface area contributed by atoms with E-state index in [9.17, 15) is 13.2 Å². The molecule has 0 aliphatic heterocycles. The molecule has 0 N–H and O–H groups in total. The fourth-order valence-electron chi connectivity index (χ4n) is 8.64. The number of alkyl halides is 6. The zero-order chi connectivity index (χ0) is 39.6. The zero-order valence-corrected chi connectivity index (χ0v) is 32.4. The minimum atomic E-state index is -4.65. The molecule has 5 aromatic rings. The van der Waals surface area contributed by atoms with E-state index >= 15 is 13.2 Å². The molecule has 0 spiro atoms. The molecule has 0 amide bonds. The Morgan fingerprint density at radius 3 is 1.20 bits per heavy atom. The van der Waals surface area contributed by atoms with Gasteiger partial charge in [-0.1, -0.05) is 133 Å². The Balaban J connectivity index is 1.34. The molecule has 2 aliphatic carbocycles. The van der Waals surface area contributed by atoms with Gasteiger partial charge in [-0.3, -0.25) is 0 Å². The Morgan fingerprint density at radius 1 is 0.426 bits per heavy atom. The van der Waals surface area contributed by atoms with Crippen LogP contribution in [0.15, 0.2) is 97.1 Å². The number of rotatable bonds is 5. The van der Waals surface area contributed by atoms with E-state index in [2.05, 4.69) is 26.8 Å². The smallest absolute Gasteiger partial charge is 0.402 e. The molecule has 2 atom stereocenters. The maximum absolute atomic E-state index is 15.6. The minimum absolute atomic E-state index is 0.135. The molecule has 0 heterocycles. The third-order valence-corrected chi connectivity index (χ3v) is 12.7. The van der Waals surface area contributed by atoms with E-state index in [0.717, 1.165) is 16.7 Å². The molecule has 0 saturated carbocycles. The summed E-state index contributed by atoms with van der Waals surface area (Å²) in [6.45, 7) is 16.5. The SMILES string of the molecule is COc1cc(C(C)(C)C)cc(C(C)(C)c2ccc3c(c2)C(C)(C(F)(F)F)c2cc(C(C)(C)c4ccc5c(c4)C(C)(C(F)(F)F)c4ccccc4-5)ccc2-3)c1. The van der Waals surface area contributed by atoms with Gasteiger partial charge in [0.25, 0.3) is 0 Å². The van der Waals surface area contributed by atoms with Gasteiger partial charge in [0.15, 0.2) is 0 Å². The molecule has 0 saturated heterocycles. The first kappa shape index (κ1) is 37.8. The number of hydrogen-bond acceptors (Lipinski definition) is 1. The summed E-state index contributed by atoms with van der Waals surface area (Å²) in [5, 5.41) is 0. The molecule has 2 unspecified atom stereocenters. The van der Waals surface area contributed by atoms with Crippen molar-refractivity contribution in [1.29, 1.82) is 0 Å². The van der Waals surface area contributed by atoms with E-state index in [1.165, 1.54) is 19.9 Å². The summed E-state index contributed by atoms with van der Waals surface area (Å²) in [5.74, 6) is 0.685. The maximum atomic E-state index is 15.6. The van der Waals surface area contributed by atoms with Crippen molar-refractivity contribution < 1.29 is 31.1 Å². The van der Waals surface area contributed by atoms with Crippen LogP contribution >= 0.6 is 0 Å². The fraction of sp³-hybridized carbons (Fsp3) is 0.362. The molecule has 2 aliphatic rings. The van der Waals surface area contributed by atoms with Gasteiger partial charge in [0, 0.05) is 10.8 Å². The van der Waals surface area contributed by atoms with Crippen molar-refractivity contribution in [3.63, 3.8) is 0 Å². The highest BCUT2D eigenvalue weighted by atomic mass is 19.4. The van der Waals surface area contributed by atoms with Crippen LogP contribution < -0.4 is 4.74 Å². The highest BCUT2D eigenvalue weighted by Crippen LogP contribution is 2.59. The summed E-state index contributed by atoms with van der Waals surface area (Å²) in [6.07, 6.45) is -9.22. The molecular formula is C47H46F6O. The summed E-state index contributed by atoms with van der Waals surface area (Å²) in [7, 11) is 1.61.